The van der Waals surface area contributed by atoms with Crippen LogP contribution >= 0.6 is 12.4 Å². The summed E-state index contributed by atoms with van der Waals surface area (Å²) in [6.45, 7) is 1.76. The summed E-state index contributed by atoms with van der Waals surface area (Å²) >= 11 is 0. The zero-order chi connectivity index (χ0) is 10.2. The number of carbonyl (C=O) groups excluding carboxylic acids is 2. The molecule has 1 spiro atoms. The Balaban J connectivity index is 0.00000112. The molecule has 2 saturated heterocycles. The van der Waals surface area contributed by atoms with Gasteiger partial charge in [-0.1, -0.05) is 0 Å². The highest BCUT2D eigenvalue weighted by atomic mass is 35.5. The van der Waals surface area contributed by atoms with E-state index in [2.05, 4.69) is 10.6 Å². The zero-order valence-corrected chi connectivity index (χ0v) is 9.23. The fourth-order valence-electron chi connectivity index (χ4n) is 1.68. The summed E-state index contributed by atoms with van der Waals surface area (Å²) in [6.07, 6.45) is 0. The van der Waals surface area contributed by atoms with Gasteiger partial charge < -0.3 is 15.4 Å². The van der Waals surface area contributed by atoms with E-state index < -0.39 is 5.54 Å². The fourth-order valence-corrected chi connectivity index (χ4v) is 1.68. The summed E-state index contributed by atoms with van der Waals surface area (Å²) in [6, 6.07) is -0.312. The fraction of sp³-hybridized carbons (Fsp3) is 0.750. The minimum absolute atomic E-state index is 0. The Hall–Kier alpha value is -0.850. The van der Waals surface area contributed by atoms with Gasteiger partial charge in [0.2, 0.25) is 0 Å². The topological polar surface area (TPSA) is 70.7 Å². The molecule has 0 unspecified atom stereocenters. The molecule has 2 rings (SSSR count). The van der Waals surface area contributed by atoms with Crippen LogP contribution < -0.4 is 10.6 Å². The quantitative estimate of drug-likeness (QED) is 0.613. The largest absolute Gasteiger partial charge is 0.383 e. The SMILES string of the molecule is COCCN1C(=O)NC2(CNC2)C1=O.Cl. The van der Waals surface area contributed by atoms with Gasteiger partial charge in [-0.3, -0.25) is 9.69 Å². The van der Waals surface area contributed by atoms with Crippen molar-refractivity contribution in [2.24, 2.45) is 0 Å². The van der Waals surface area contributed by atoms with Crippen LogP contribution in [0, 0.1) is 0 Å². The molecular weight excluding hydrogens is 222 g/mol. The Morgan fingerprint density at radius 1 is 1.47 bits per heavy atom. The molecule has 0 saturated carbocycles. The molecule has 3 amide bonds. The van der Waals surface area contributed by atoms with E-state index in [9.17, 15) is 9.59 Å². The Morgan fingerprint density at radius 2 is 2.13 bits per heavy atom. The maximum Gasteiger partial charge on any atom is 0.325 e. The average Bonchev–Trinajstić information content (AvgIpc) is 2.35. The lowest BCUT2D eigenvalue weighted by Crippen LogP contribution is -2.69. The molecule has 0 atom stereocenters. The summed E-state index contributed by atoms with van der Waals surface area (Å²) in [5.74, 6) is -0.140. The van der Waals surface area contributed by atoms with Crippen molar-refractivity contribution in [3.05, 3.63) is 0 Å². The number of halogens is 1. The van der Waals surface area contributed by atoms with Crippen molar-refractivity contribution in [1.82, 2.24) is 15.5 Å². The smallest absolute Gasteiger partial charge is 0.325 e. The standard InChI is InChI=1S/C8H13N3O3.ClH/c1-14-3-2-11-6(12)8(4-9-5-8)10-7(11)13;/h9H,2-5H2,1H3,(H,10,13);1H. The summed E-state index contributed by atoms with van der Waals surface area (Å²) in [5.41, 5.74) is -0.662. The zero-order valence-electron chi connectivity index (χ0n) is 8.41. The normalized spacial score (nSPS) is 22.3. The Labute approximate surface area is 93.7 Å². The van der Waals surface area contributed by atoms with E-state index in [1.807, 2.05) is 0 Å². The van der Waals surface area contributed by atoms with Crippen LogP contribution in [0.25, 0.3) is 0 Å². The van der Waals surface area contributed by atoms with E-state index in [1.54, 1.807) is 7.11 Å². The van der Waals surface area contributed by atoms with Crippen LogP contribution in [0.15, 0.2) is 0 Å². The van der Waals surface area contributed by atoms with Gasteiger partial charge in [-0.25, -0.2) is 4.79 Å². The van der Waals surface area contributed by atoms with Crippen molar-refractivity contribution in [3.63, 3.8) is 0 Å². The number of rotatable bonds is 3. The highest BCUT2D eigenvalue weighted by Crippen LogP contribution is 2.21. The summed E-state index contributed by atoms with van der Waals surface area (Å²) in [4.78, 5) is 24.4. The van der Waals surface area contributed by atoms with Gasteiger partial charge in [0.05, 0.1) is 13.2 Å². The van der Waals surface area contributed by atoms with Crippen LogP contribution in [0.2, 0.25) is 0 Å². The van der Waals surface area contributed by atoms with Gasteiger partial charge in [0, 0.05) is 20.2 Å². The first kappa shape index (κ1) is 12.2. The molecule has 15 heavy (non-hydrogen) atoms. The lowest BCUT2D eigenvalue weighted by atomic mass is 9.93. The molecule has 2 fully saturated rings. The molecule has 2 aliphatic heterocycles. The molecule has 7 heteroatoms. The maximum atomic E-state index is 11.8. The van der Waals surface area contributed by atoms with Crippen molar-refractivity contribution < 1.29 is 14.3 Å². The summed E-state index contributed by atoms with van der Waals surface area (Å²) in [7, 11) is 1.54. The highest BCUT2D eigenvalue weighted by Gasteiger charge is 2.54. The van der Waals surface area contributed by atoms with Crippen LogP contribution in [-0.2, 0) is 9.53 Å². The monoisotopic (exact) mass is 235 g/mol. The van der Waals surface area contributed by atoms with Crippen molar-refractivity contribution in [3.8, 4) is 0 Å². The molecule has 0 aromatic heterocycles. The molecule has 2 aliphatic rings. The van der Waals surface area contributed by atoms with Crippen molar-refractivity contribution in [2.75, 3.05) is 33.4 Å². The molecule has 0 aromatic rings. The highest BCUT2D eigenvalue weighted by molar-refractivity contribution is 6.08. The number of methoxy groups -OCH3 is 1. The number of urea groups is 1. The number of ether oxygens (including phenoxy) is 1. The molecule has 6 nitrogen and oxygen atoms in total. The molecule has 86 valence electrons. The van der Waals surface area contributed by atoms with E-state index in [-0.39, 0.29) is 24.3 Å². The van der Waals surface area contributed by atoms with E-state index in [4.69, 9.17) is 4.74 Å². The lowest BCUT2D eigenvalue weighted by molar-refractivity contribution is -0.133. The number of hydrogen-bond acceptors (Lipinski definition) is 4. The van der Waals surface area contributed by atoms with Crippen LogP contribution in [0.5, 0.6) is 0 Å². The molecule has 0 bridgehead atoms. The average molecular weight is 236 g/mol. The lowest BCUT2D eigenvalue weighted by Gasteiger charge is -2.36. The van der Waals surface area contributed by atoms with E-state index in [0.29, 0.717) is 26.2 Å². The second kappa shape index (κ2) is 4.34. The van der Waals surface area contributed by atoms with Crippen LogP contribution in [0.3, 0.4) is 0 Å². The number of amides is 3. The van der Waals surface area contributed by atoms with Crippen molar-refractivity contribution in [1.29, 1.82) is 0 Å². The van der Waals surface area contributed by atoms with Gasteiger partial charge in [-0.05, 0) is 0 Å². The van der Waals surface area contributed by atoms with Gasteiger partial charge >= 0.3 is 6.03 Å². The predicted molar refractivity (Wildman–Crippen MR) is 55.0 cm³/mol. The van der Waals surface area contributed by atoms with Gasteiger partial charge in [0.25, 0.3) is 5.91 Å². The van der Waals surface area contributed by atoms with Crippen LogP contribution in [-0.4, -0.2) is 55.7 Å². The van der Waals surface area contributed by atoms with Crippen molar-refractivity contribution >= 4 is 24.3 Å². The predicted octanol–water partition coefficient (Wildman–Crippen LogP) is -1.05. The number of nitrogens with zero attached hydrogens (tertiary/aromatic N) is 1. The Bertz CT molecular complexity index is 280. The number of hydrogen-bond donors (Lipinski definition) is 2. The summed E-state index contributed by atoms with van der Waals surface area (Å²) < 4.78 is 4.83. The molecule has 0 radical (unpaired) electrons. The third-order valence-corrected chi connectivity index (χ3v) is 2.62. The first-order valence-electron chi connectivity index (χ1n) is 4.53. The number of carbonyl (C=O) groups is 2. The minimum atomic E-state index is -0.662. The number of imide groups is 1. The Morgan fingerprint density at radius 3 is 2.53 bits per heavy atom. The molecule has 2 heterocycles. The minimum Gasteiger partial charge on any atom is -0.383 e. The third kappa shape index (κ3) is 1.80. The van der Waals surface area contributed by atoms with Crippen LogP contribution in [0.1, 0.15) is 0 Å². The van der Waals surface area contributed by atoms with E-state index >= 15 is 0 Å². The van der Waals surface area contributed by atoms with E-state index in [0.717, 1.165) is 0 Å². The summed E-state index contributed by atoms with van der Waals surface area (Å²) in [5, 5.41) is 5.67. The van der Waals surface area contributed by atoms with Gasteiger partial charge in [0.1, 0.15) is 5.54 Å². The first-order valence-corrected chi connectivity index (χ1v) is 4.53. The first-order chi connectivity index (χ1) is 6.69. The molecule has 0 aromatic carbocycles. The number of nitrogens with one attached hydrogen (secondary N) is 2. The molecular formula is C8H14ClN3O3. The van der Waals surface area contributed by atoms with Crippen LogP contribution in [0.4, 0.5) is 4.79 Å². The second-order valence-electron chi connectivity index (χ2n) is 3.57. The van der Waals surface area contributed by atoms with Gasteiger partial charge in [-0.15, -0.1) is 12.4 Å². The van der Waals surface area contributed by atoms with Crippen molar-refractivity contribution in [2.45, 2.75) is 5.54 Å². The van der Waals surface area contributed by atoms with E-state index in [1.165, 1.54) is 4.90 Å². The Kier molecular flexibility index (Phi) is 3.54. The van der Waals surface area contributed by atoms with Gasteiger partial charge in [-0.2, -0.15) is 0 Å². The maximum absolute atomic E-state index is 11.8. The third-order valence-electron chi connectivity index (χ3n) is 2.62. The molecule has 2 N–H and O–H groups in total. The van der Waals surface area contributed by atoms with Gasteiger partial charge in [0.15, 0.2) is 0 Å². The second-order valence-corrected chi connectivity index (χ2v) is 3.57. The molecule has 0 aliphatic carbocycles.